The van der Waals surface area contributed by atoms with Gasteiger partial charge < -0.3 is 15.2 Å². The maximum absolute atomic E-state index is 12.2. The van der Waals surface area contributed by atoms with E-state index in [0.717, 1.165) is 17.5 Å². The molecule has 0 aliphatic heterocycles. The third kappa shape index (κ3) is 6.82. The second-order valence-electron chi connectivity index (χ2n) is 6.77. The van der Waals surface area contributed by atoms with Gasteiger partial charge in [0.1, 0.15) is 11.6 Å². The van der Waals surface area contributed by atoms with Crippen LogP contribution in [0.3, 0.4) is 0 Å². The molecule has 0 saturated heterocycles. The number of aryl methyl sites for hydroxylation is 1. The molecule has 0 fully saturated rings. The predicted octanol–water partition coefficient (Wildman–Crippen LogP) is 3.29. The van der Waals surface area contributed by atoms with Crippen molar-refractivity contribution in [2.45, 2.75) is 65.6 Å². The van der Waals surface area contributed by atoms with E-state index in [1.54, 1.807) is 12.1 Å². The van der Waals surface area contributed by atoms with Crippen LogP contribution in [0, 0.1) is 6.92 Å². The van der Waals surface area contributed by atoms with E-state index in [0.29, 0.717) is 13.0 Å². The number of esters is 1. The number of aromatic carboxylic acids is 1. The lowest BCUT2D eigenvalue weighted by molar-refractivity contribution is -0.157. The summed E-state index contributed by atoms with van der Waals surface area (Å²) in [6, 6.07) is 4.77. The molecule has 0 aliphatic carbocycles. The summed E-state index contributed by atoms with van der Waals surface area (Å²) in [5, 5.41) is 12.3. The summed E-state index contributed by atoms with van der Waals surface area (Å²) in [6.07, 6.45) is 1.53. The molecular weight excluding hydrogens is 294 g/mol. The van der Waals surface area contributed by atoms with Gasteiger partial charge in [0.25, 0.3) is 0 Å². The van der Waals surface area contributed by atoms with Crippen LogP contribution in [0.1, 0.15) is 62.0 Å². The first-order valence-corrected chi connectivity index (χ1v) is 7.92. The first-order chi connectivity index (χ1) is 10.6. The molecule has 1 atom stereocenters. The summed E-state index contributed by atoms with van der Waals surface area (Å²) in [7, 11) is 0. The van der Waals surface area contributed by atoms with Gasteiger partial charge in [0.2, 0.25) is 0 Å². The Kier molecular flexibility index (Phi) is 6.76. The van der Waals surface area contributed by atoms with Crippen molar-refractivity contribution >= 4 is 11.9 Å². The SMILES string of the molecule is CCCC(NCc1cc(C)cc(C(=O)O)c1)C(=O)OC(C)(C)C. The molecule has 0 bridgehead atoms. The van der Waals surface area contributed by atoms with E-state index in [9.17, 15) is 9.59 Å². The van der Waals surface area contributed by atoms with Crippen LogP contribution in [0.15, 0.2) is 18.2 Å². The third-order valence-corrected chi connectivity index (χ3v) is 3.21. The number of carbonyl (C=O) groups is 2. The van der Waals surface area contributed by atoms with Crippen LogP contribution in [0.25, 0.3) is 0 Å². The molecule has 128 valence electrons. The van der Waals surface area contributed by atoms with Crippen molar-refractivity contribution in [3.8, 4) is 0 Å². The molecule has 0 spiro atoms. The Morgan fingerprint density at radius 1 is 1.26 bits per heavy atom. The molecule has 5 nitrogen and oxygen atoms in total. The topological polar surface area (TPSA) is 75.6 Å². The van der Waals surface area contributed by atoms with Crippen LogP contribution in [-0.4, -0.2) is 28.7 Å². The smallest absolute Gasteiger partial charge is 0.335 e. The van der Waals surface area contributed by atoms with Crippen LogP contribution in [-0.2, 0) is 16.1 Å². The van der Waals surface area contributed by atoms with Crippen LogP contribution in [0.2, 0.25) is 0 Å². The van der Waals surface area contributed by atoms with E-state index in [4.69, 9.17) is 9.84 Å². The van der Waals surface area contributed by atoms with E-state index in [1.165, 1.54) is 0 Å². The lowest BCUT2D eigenvalue weighted by Crippen LogP contribution is -2.41. The van der Waals surface area contributed by atoms with Gasteiger partial charge in [0, 0.05) is 6.54 Å². The van der Waals surface area contributed by atoms with E-state index in [1.807, 2.05) is 40.7 Å². The van der Waals surface area contributed by atoms with Gasteiger partial charge in [-0.3, -0.25) is 4.79 Å². The van der Waals surface area contributed by atoms with Crippen molar-refractivity contribution in [3.05, 3.63) is 34.9 Å². The van der Waals surface area contributed by atoms with Crippen molar-refractivity contribution in [1.82, 2.24) is 5.32 Å². The normalized spacial score (nSPS) is 12.7. The van der Waals surface area contributed by atoms with Crippen molar-refractivity contribution in [1.29, 1.82) is 0 Å². The molecular formula is C18H27NO4. The van der Waals surface area contributed by atoms with Crippen molar-refractivity contribution in [2.75, 3.05) is 0 Å². The molecule has 0 aliphatic rings. The molecule has 1 rings (SSSR count). The number of hydrogen-bond donors (Lipinski definition) is 2. The van der Waals surface area contributed by atoms with Gasteiger partial charge in [-0.05, 0) is 57.4 Å². The van der Waals surface area contributed by atoms with Crippen molar-refractivity contribution in [2.24, 2.45) is 0 Å². The predicted molar refractivity (Wildman–Crippen MR) is 89.5 cm³/mol. The number of ether oxygens (including phenoxy) is 1. The first-order valence-electron chi connectivity index (χ1n) is 7.92. The molecule has 0 amide bonds. The molecule has 0 radical (unpaired) electrons. The number of carboxylic acid groups (broad SMARTS) is 1. The molecule has 2 N–H and O–H groups in total. The Morgan fingerprint density at radius 2 is 1.91 bits per heavy atom. The standard InChI is InChI=1S/C18H27NO4/c1-6-7-15(17(22)23-18(3,4)5)19-11-13-8-12(2)9-14(10-13)16(20)21/h8-10,15,19H,6-7,11H2,1-5H3,(H,20,21). The number of benzene rings is 1. The summed E-state index contributed by atoms with van der Waals surface area (Å²) in [5.74, 6) is -1.22. The van der Waals surface area contributed by atoms with Gasteiger partial charge in [-0.2, -0.15) is 0 Å². The minimum atomic E-state index is -0.952. The summed E-state index contributed by atoms with van der Waals surface area (Å²) in [5.41, 5.74) is 1.45. The highest BCUT2D eigenvalue weighted by atomic mass is 16.6. The summed E-state index contributed by atoms with van der Waals surface area (Å²) < 4.78 is 5.43. The second kappa shape index (κ2) is 8.11. The maximum Gasteiger partial charge on any atom is 0.335 e. The second-order valence-corrected chi connectivity index (χ2v) is 6.77. The van der Waals surface area contributed by atoms with Gasteiger partial charge in [0.15, 0.2) is 0 Å². The fraction of sp³-hybridized carbons (Fsp3) is 0.556. The van der Waals surface area contributed by atoms with E-state index in [2.05, 4.69) is 5.32 Å². The number of carboxylic acids is 1. The van der Waals surface area contributed by atoms with Crippen molar-refractivity contribution in [3.63, 3.8) is 0 Å². The average Bonchev–Trinajstić information content (AvgIpc) is 2.40. The molecule has 5 heteroatoms. The molecule has 1 aromatic carbocycles. The zero-order valence-corrected chi connectivity index (χ0v) is 14.6. The Morgan fingerprint density at radius 3 is 2.43 bits per heavy atom. The number of rotatable bonds is 7. The van der Waals surface area contributed by atoms with E-state index >= 15 is 0 Å². The third-order valence-electron chi connectivity index (χ3n) is 3.21. The zero-order valence-electron chi connectivity index (χ0n) is 14.6. The summed E-state index contributed by atoms with van der Waals surface area (Å²) in [4.78, 5) is 23.3. The van der Waals surface area contributed by atoms with Gasteiger partial charge in [-0.25, -0.2) is 4.79 Å². The summed E-state index contributed by atoms with van der Waals surface area (Å²) >= 11 is 0. The van der Waals surface area contributed by atoms with Crippen LogP contribution < -0.4 is 5.32 Å². The molecule has 0 aromatic heterocycles. The van der Waals surface area contributed by atoms with E-state index in [-0.39, 0.29) is 11.5 Å². The quantitative estimate of drug-likeness (QED) is 0.754. The van der Waals surface area contributed by atoms with Gasteiger partial charge in [0.05, 0.1) is 5.56 Å². The number of nitrogens with one attached hydrogen (secondary N) is 1. The highest BCUT2D eigenvalue weighted by molar-refractivity contribution is 5.88. The highest BCUT2D eigenvalue weighted by Gasteiger charge is 2.24. The molecule has 1 unspecified atom stereocenters. The van der Waals surface area contributed by atoms with Crippen molar-refractivity contribution < 1.29 is 19.4 Å². The highest BCUT2D eigenvalue weighted by Crippen LogP contribution is 2.13. The lowest BCUT2D eigenvalue weighted by atomic mass is 10.1. The molecule has 23 heavy (non-hydrogen) atoms. The number of carbonyl (C=O) groups excluding carboxylic acids is 1. The Hall–Kier alpha value is -1.88. The van der Waals surface area contributed by atoms with Crippen LogP contribution in [0.5, 0.6) is 0 Å². The minimum Gasteiger partial charge on any atom is -0.478 e. The first kappa shape index (κ1) is 19.2. The van der Waals surface area contributed by atoms with Crippen LogP contribution >= 0.6 is 0 Å². The van der Waals surface area contributed by atoms with Gasteiger partial charge in [-0.1, -0.05) is 19.4 Å². The average molecular weight is 321 g/mol. The van der Waals surface area contributed by atoms with Gasteiger partial charge >= 0.3 is 11.9 Å². The Bertz CT molecular complexity index is 561. The fourth-order valence-electron chi connectivity index (χ4n) is 2.29. The molecule has 1 aromatic rings. The van der Waals surface area contributed by atoms with E-state index < -0.39 is 17.6 Å². The Labute approximate surface area is 138 Å². The maximum atomic E-state index is 12.2. The largest absolute Gasteiger partial charge is 0.478 e. The molecule has 0 saturated carbocycles. The fourth-order valence-corrected chi connectivity index (χ4v) is 2.29. The number of hydrogen-bond acceptors (Lipinski definition) is 4. The molecule has 0 heterocycles. The zero-order chi connectivity index (χ0) is 17.6. The monoisotopic (exact) mass is 321 g/mol. The minimum absolute atomic E-state index is 0.256. The Balaban J connectivity index is 2.79. The van der Waals surface area contributed by atoms with Crippen LogP contribution in [0.4, 0.5) is 0 Å². The van der Waals surface area contributed by atoms with Gasteiger partial charge in [-0.15, -0.1) is 0 Å². The lowest BCUT2D eigenvalue weighted by Gasteiger charge is -2.24. The summed E-state index contributed by atoms with van der Waals surface area (Å²) in [6.45, 7) is 9.81.